The zero-order valence-corrected chi connectivity index (χ0v) is 13.6. The molecule has 1 amide bonds. The Labute approximate surface area is 149 Å². The normalized spacial score (nSPS) is 11.0. The van der Waals surface area contributed by atoms with Crippen molar-refractivity contribution in [2.45, 2.75) is 0 Å². The van der Waals surface area contributed by atoms with Crippen molar-refractivity contribution >= 4 is 17.7 Å². The number of aromatic nitrogens is 1. The molecular weight excluding hydrogens is 333 g/mol. The second-order valence-corrected chi connectivity index (χ2v) is 5.45. The molecule has 2 aromatic carbocycles. The number of aromatic hydroxyl groups is 1. The average Bonchev–Trinajstić information content (AvgIpc) is 3.10. The Hall–Kier alpha value is -3.85. The number of nitrogens with zero attached hydrogens (tertiary/aromatic N) is 2. The van der Waals surface area contributed by atoms with Crippen molar-refractivity contribution in [2.75, 3.05) is 5.32 Å². The molecule has 0 unspecified atom stereocenters. The number of amides is 1. The average molecular weight is 347 g/mol. The van der Waals surface area contributed by atoms with E-state index in [0.29, 0.717) is 11.4 Å². The molecule has 0 saturated heterocycles. The fourth-order valence-corrected chi connectivity index (χ4v) is 2.39. The molecule has 0 aliphatic rings. The van der Waals surface area contributed by atoms with Crippen LogP contribution in [0.5, 0.6) is 5.75 Å². The van der Waals surface area contributed by atoms with Gasteiger partial charge < -0.3 is 15.0 Å². The zero-order valence-electron chi connectivity index (χ0n) is 13.6. The van der Waals surface area contributed by atoms with E-state index in [9.17, 15) is 19.6 Å². The highest BCUT2D eigenvalue weighted by Gasteiger charge is 2.11. The van der Waals surface area contributed by atoms with Crippen molar-refractivity contribution in [3.63, 3.8) is 0 Å². The molecule has 0 bridgehead atoms. The predicted molar refractivity (Wildman–Crippen MR) is 96.1 cm³/mol. The number of nitriles is 1. The van der Waals surface area contributed by atoms with Crippen molar-refractivity contribution < 1.29 is 14.3 Å². The number of hydrogen-bond donors (Lipinski definition) is 2. The summed E-state index contributed by atoms with van der Waals surface area (Å²) in [4.78, 5) is 12.3. The zero-order chi connectivity index (χ0) is 18.5. The van der Waals surface area contributed by atoms with Gasteiger partial charge in [0.2, 0.25) is 0 Å². The summed E-state index contributed by atoms with van der Waals surface area (Å²) in [5, 5.41) is 21.3. The number of carbonyl (C=O) groups is 1. The van der Waals surface area contributed by atoms with Crippen LogP contribution in [0.3, 0.4) is 0 Å². The molecule has 3 rings (SSSR count). The first-order valence-electron chi connectivity index (χ1n) is 7.72. The predicted octanol–water partition coefficient (Wildman–Crippen LogP) is 3.87. The van der Waals surface area contributed by atoms with E-state index in [1.807, 2.05) is 6.07 Å². The molecule has 6 heteroatoms. The number of carbonyl (C=O) groups excluding carboxylic acids is 1. The summed E-state index contributed by atoms with van der Waals surface area (Å²) in [6, 6.07) is 17.2. The highest BCUT2D eigenvalue weighted by atomic mass is 19.1. The lowest BCUT2D eigenvalue weighted by atomic mass is 10.2. The number of hydrogen-bond acceptors (Lipinski definition) is 3. The third-order valence-electron chi connectivity index (χ3n) is 3.67. The Morgan fingerprint density at radius 2 is 1.81 bits per heavy atom. The number of rotatable bonds is 4. The smallest absolute Gasteiger partial charge is 0.266 e. The van der Waals surface area contributed by atoms with Gasteiger partial charge in [-0.15, -0.1) is 0 Å². The van der Waals surface area contributed by atoms with Gasteiger partial charge in [0.15, 0.2) is 0 Å². The van der Waals surface area contributed by atoms with Crippen LogP contribution >= 0.6 is 0 Å². The van der Waals surface area contributed by atoms with Gasteiger partial charge in [0, 0.05) is 23.3 Å². The van der Waals surface area contributed by atoms with Gasteiger partial charge in [0.1, 0.15) is 23.2 Å². The molecule has 0 spiro atoms. The number of halogens is 1. The number of benzene rings is 2. The molecule has 3 aromatic rings. The van der Waals surface area contributed by atoms with E-state index < -0.39 is 11.7 Å². The SMILES string of the molecule is N#C/C(=C/c1cccn1-c1ccc(O)cc1)C(=O)Nc1ccc(F)cc1. The first-order valence-corrected chi connectivity index (χ1v) is 7.72. The van der Waals surface area contributed by atoms with Crippen molar-refractivity contribution in [3.8, 4) is 17.5 Å². The summed E-state index contributed by atoms with van der Waals surface area (Å²) in [5.41, 5.74) is 1.70. The molecule has 5 nitrogen and oxygen atoms in total. The standard InChI is InChI=1S/C20H14FN3O2/c21-15-3-5-16(6-4-15)23-20(26)14(13-22)12-18-2-1-11-24(18)17-7-9-19(25)10-8-17/h1-12,25H,(H,23,26)/b14-12-. The van der Waals surface area contributed by atoms with Crippen LogP contribution in [0.4, 0.5) is 10.1 Å². The van der Waals surface area contributed by atoms with Gasteiger partial charge in [-0.05, 0) is 66.7 Å². The first kappa shape index (κ1) is 17.0. The van der Waals surface area contributed by atoms with Gasteiger partial charge in [-0.2, -0.15) is 5.26 Å². The van der Waals surface area contributed by atoms with Gasteiger partial charge in [-0.25, -0.2) is 4.39 Å². The second-order valence-electron chi connectivity index (χ2n) is 5.45. The van der Waals surface area contributed by atoms with Crippen LogP contribution in [-0.4, -0.2) is 15.6 Å². The van der Waals surface area contributed by atoms with E-state index in [0.717, 1.165) is 5.69 Å². The fourth-order valence-electron chi connectivity index (χ4n) is 2.39. The largest absolute Gasteiger partial charge is 0.508 e. The minimum Gasteiger partial charge on any atom is -0.508 e. The molecule has 128 valence electrons. The molecule has 0 aliphatic carbocycles. The molecule has 2 N–H and O–H groups in total. The Balaban J connectivity index is 1.87. The Morgan fingerprint density at radius 1 is 1.12 bits per heavy atom. The van der Waals surface area contributed by atoms with Gasteiger partial charge in [-0.3, -0.25) is 4.79 Å². The maximum Gasteiger partial charge on any atom is 0.266 e. The molecule has 26 heavy (non-hydrogen) atoms. The summed E-state index contributed by atoms with van der Waals surface area (Å²) in [5.74, 6) is -0.849. The Kier molecular flexibility index (Phi) is 4.81. The third-order valence-corrected chi connectivity index (χ3v) is 3.67. The first-order chi connectivity index (χ1) is 12.6. The maximum atomic E-state index is 12.9. The number of phenols is 1. The molecule has 1 heterocycles. The Bertz CT molecular complexity index is 997. The van der Waals surface area contributed by atoms with Crippen molar-refractivity contribution in [1.82, 2.24) is 4.57 Å². The van der Waals surface area contributed by atoms with Gasteiger partial charge in [0.05, 0.1) is 0 Å². The monoisotopic (exact) mass is 347 g/mol. The van der Waals surface area contributed by atoms with E-state index in [-0.39, 0.29) is 11.3 Å². The molecule has 0 radical (unpaired) electrons. The van der Waals surface area contributed by atoms with Crippen LogP contribution in [0.1, 0.15) is 5.69 Å². The summed E-state index contributed by atoms with van der Waals surface area (Å²) >= 11 is 0. The molecule has 0 atom stereocenters. The van der Waals surface area contributed by atoms with Gasteiger partial charge in [-0.1, -0.05) is 0 Å². The van der Waals surface area contributed by atoms with E-state index in [4.69, 9.17) is 0 Å². The second kappa shape index (κ2) is 7.36. The third kappa shape index (κ3) is 3.79. The van der Waals surface area contributed by atoms with E-state index >= 15 is 0 Å². The van der Waals surface area contributed by atoms with E-state index in [1.54, 1.807) is 47.2 Å². The summed E-state index contributed by atoms with van der Waals surface area (Å²) in [6.07, 6.45) is 3.25. The van der Waals surface area contributed by atoms with Crippen molar-refractivity contribution in [2.24, 2.45) is 0 Å². The van der Waals surface area contributed by atoms with Crippen LogP contribution in [-0.2, 0) is 4.79 Å². The topological polar surface area (TPSA) is 78.1 Å². The van der Waals surface area contributed by atoms with Crippen molar-refractivity contribution in [3.05, 3.63) is 83.9 Å². The van der Waals surface area contributed by atoms with Crippen LogP contribution in [0.15, 0.2) is 72.4 Å². The fraction of sp³-hybridized carbons (Fsp3) is 0. The van der Waals surface area contributed by atoms with Crippen LogP contribution < -0.4 is 5.32 Å². The highest BCUT2D eigenvalue weighted by molar-refractivity contribution is 6.09. The molecule has 1 aromatic heterocycles. The van der Waals surface area contributed by atoms with Crippen LogP contribution in [0, 0.1) is 17.1 Å². The summed E-state index contributed by atoms with van der Waals surface area (Å²) in [6.45, 7) is 0. The molecule has 0 fully saturated rings. The number of anilines is 1. The lowest BCUT2D eigenvalue weighted by molar-refractivity contribution is -0.112. The van der Waals surface area contributed by atoms with Crippen molar-refractivity contribution in [1.29, 1.82) is 5.26 Å². The minimum absolute atomic E-state index is 0.0898. The van der Waals surface area contributed by atoms with Gasteiger partial charge >= 0.3 is 0 Å². The summed E-state index contributed by atoms with van der Waals surface area (Å²) < 4.78 is 14.7. The Morgan fingerprint density at radius 3 is 2.46 bits per heavy atom. The summed E-state index contributed by atoms with van der Waals surface area (Å²) in [7, 11) is 0. The quantitative estimate of drug-likeness (QED) is 0.555. The molecule has 0 saturated carbocycles. The van der Waals surface area contributed by atoms with E-state index in [1.165, 1.54) is 30.3 Å². The number of phenolic OH excluding ortho intramolecular Hbond substituents is 1. The maximum absolute atomic E-state index is 12.9. The highest BCUT2D eigenvalue weighted by Crippen LogP contribution is 2.19. The van der Waals surface area contributed by atoms with Crippen LogP contribution in [0.25, 0.3) is 11.8 Å². The van der Waals surface area contributed by atoms with Gasteiger partial charge in [0.25, 0.3) is 5.91 Å². The van der Waals surface area contributed by atoms with Crippen LogP contribution in [0.2, 0.25) is 0 Å². The minimum atomic E-state index is -0.586. The molecule has 0 aliphatic heterocycles. The molecular formula is C20H14FN3O2. The lowest BCUT2D eigenvalue weighted by Crippen LogP contribution is -2.13. The lowest BCUT2D eigenvalue weighted by Gasteiger charge is -2.08. The van der Waals surface area contributed by atoms with E-state index in [2.05, 4.69) is 5.32 Å². The number of nitrogens with one attached hydrogen (secondary N) is 1.